The Morgan fingerprint density at radius 3 is 2.63 bits per heavy atom. The van der Waals surface area contributed by atoms with Crippen molar-refractivity contribution in [3.8, 4) is 0 Å². The van der Waals surface area contributed by atoms with Crippen LogP contribution in [0.4, 0.5) is 11.6 Å². The van der Waals surface area contributed by atoms with Crippen molar-refractivity contribution < 1.29 is 9.53 Å². The molecular weight excluding hydrogens is 348 g/mol. The number of carbonyl (C=O) groups is 1. The number of hydrogen-bond acceptors (Lipinski definition) is 7. The Bertz CT molecular complexity index is 863. The Morgan fingerprint density at radius 1 is 1.07 bits per heavy atom. The van der Waals surface area contributed by atoms with Crippen LogP contribution < -0.4 is 15.8 Å². The lowest BCUT2D eigenvalue weighted by molar-refractivity contribution is 0.0383. The van der Waals surface area contributed by atoms with Crippen molar-refractivity contribution in [2.45, 2.75) is 6.54 Å². The van der Waals surface area contributed by atoms with Crippen LogP contribution in [0.1, 0.15) is 10.5 Å². The molecule has 142 valence electrons. The van der Waals surface area contributed by atoms with Gasteiger partial charge in [-0.25, -0.2) is 0 Å². The van der Waals surface area contributed by atoms with Crippen LogP contribution in [0, 0.1) is 0 Å². The highest BCUT2D eigenvalue weighted by atomic mass is 16.5. The molecule has 0 spiro atoms. The summed E-state index contributed by atoms with van der Waals surface area (Å²) in [7, 11) is 0. The van der Waals surface area contributed by atoms with Crippen molar-refractivity contribution in [3.63, 3.8) is 0 Å². The zero-order valence-electron chi connectivity index (χ0n) is 15.0. The fourth-order valence-corrected chi connectivity index (χ4v) is 3.34. The fourth-order valence-electron chi connectivity index (χ4n) is 3.34. The molecule has 0 atom stereocenters. The van der Waals surface area contributed by atoms with E-state index in [0.29, 0.717) is 38.8 Å². The van der Waals surface area contributed by atoms with Gasteiger partial charge in [-0.15, -0.1) is 10.2 Å². The smallest absolute Gasteiger partial charge is 0.286 e. The number of aromatic nitrogens is 3. The van der Waals surface area contributed by atoms with Gasteiger partial charge < -0.3 is 15.0 Å². The number of nitrogens with one attached hydrogen (secondary N) is 1. The second kappa shape index (κ2) is 7.85. The number of rotatable bonds is 5. The zero-order chi connectivity index (χ0) is 18.6. The molecule has 1 amide bonds. The van der Waals surface area contributed by atoms with Gasteiger partial charge in [0, 0.05) is 45.0 Å². The van der Waals surface area contributed by atoms with E-state index >= 15 is 0 Å². The number of amides is 1. The maximum Gasteiger partial charge on any atom is 0.286 e. The molecule has 0 saturated carbocycles. The lowest BCUT2D eigenvalue weighted by atomic mass is 10.3. The molecule has 0 bridgehead atoms. The number of fused-ring (bicyclic) bond motifs is 1. The minimum Gasteiger partial charge on any atom is -0.379 e. The average Bonchev–Trinajstić information content (AvgIpc) is 3.15. The Kier molecular flexibility index (Phi) is 5.12. The summed E-state index contributed by atoms with van der Waals surface area (Å²) in [5.41, 5.74) is 0.387. The number of benzene rings is 1. The van der Waals surface area contributed by atoms with Gasteiger partial charge in [-0.3, -0.25) is 19.1 Å². The Morgan fingerprint density at radius 2 is 1.85 bits per heavy atom. The molecular formula is C18H22N6O3. The number of anilines is 2. The van der Waals surface area contributed by atoms with Gasteiger partial charge in [0.2, 0.25) is 11.6 Å². The highest BCUT2D eigenvalue weighted by Crippen LogP contribution is 2.25. The van der Waals surface area contributed by atoms with E-state index in [0.717, 1.165) is 25.3 Å². The molecule has 0 radical (unpaired) electrons. The molecule has 2 aromatic rings. The normalized spacial score (nSPS) is 17.0. The molecule has 1 fully saturated rings. The number of hydrogen-bond donors (Lipinski definition) is 1. The van der Waals surface area contributed by atoms with Gasteiger partial charge >= 0.3 is 0 Å². The van der Waals surface area contributed by atoms with Crippen LogP contribution in [0.3, 0.4) is 0 Å². The van der Waals surface area contributed by atoms with Crippen molar-refractivity contribution in [1.29, 1.82) is 0 Å². The molecule has 1 saturated heterocycles. The van der Waals surface area contributed by atoms with Crippen LogP contribution in [0.5, 0.6) is 0 Å². The van der Waals surface area contributed by atoms with Gasteiger partial charge in [-0.05, 0) is 12.1 Å². The number of ether oxygens (including phenoxy) is 1. The summed E-state index contributed by atoms with van der Waals surface area (Å²) in [5.74, 6) is -0.00899. The second-order valence-corrected chi connectivity index (χ2v) is 6.50. The fraction of sp³-hybridized carbons (Fsp3) is 0.444. The van der Waals surface area contributed by atoms with Crippen LogP contribution in [0.25, 0.3) is 0 Å². The molecule has 3 heterocycles. The lowest BCUT2D eigenvalue weighted by Gasteiger charge is -2.26. The van der Waals surface area contributed by atoms with Gasteiger partial charge in [0.05, 0.1) is 13.2 Å². The zero-order valence-corrected chi connectivity index (χ0v) is 15.0. The van der Waals surface area contributed by atoms with Crippen molar-refractivity contribution in [2.24, 2.45) is 0 Å². The van der Waals surface area contributed by atoms with Gasteiger partial charge in [0.25, 0.3) is 11.5 Å². The van der Waals surface area contributed by atoms with Gasteiger partial charge in [-0.1, -0.05) is 18.2 Å². The summed E-state index contributed by atoms with van der Waals surface area (Å²) in [5, 5.41) is 10.8. The van der Waals surface area contributed by atoms with Crippen molar-refractivity contribution in [2.75, 3.05) is 50.8 Å². The number of para-hydroxylation sites is 1. The summed E-state index contributed by atoms with van der Waals surface area (Å²) < 4.78 is 6.81. The molecule has 1 aromatic heterocycles. The van der Waals surface area contributed by atoms with Gasteiger partial charge in [0.1, 0.15) is 0 Å². The predicted molar refractivity (Wildman–Crippen MR) is 99.3 cm³/mol. The van der Waals surface area contributed by atoms with E-state index in [9.17, 15) is 9.59 Å². The maximum atomic E-state index is 12.7. The van der Waals surface area contributed by atoms with E-state index in [1.165, 1.54) is 4.57 Å². The van der Waals surface area contributed by atoms with E-state index in [1.54, 1.807) is 0 Å². The standard InChI is InChI=1S/C18H22N6O3/c25-16(19-6-7-22-10-12-27-13-11-22)15-17(26)24-9-8-23(18(24)21-20-15)14-4-2-1-3-5-14/h1-5H,6-13H2,(H,19,25). The molecule has 2 aliphatic heterocycles. The highest BCUT2D eigenvalue weighted by Gasteiger charge is 2.27. The van der Waals surface area contributed by atoms with Gasteiger partial charge in [0.15, 0.2) is 0 Å². The minimum atomic E-state index is -0.478. The third-order valence-electron chi connectivity index (χ3n) is 4.82. The molecule has 27 heavy (non-hydrogen) atoms. The van der Waals surface area contributed by atoms with Crippen LogP contribution in [0.2, 0.25) is 0 Å². The average molecular weight is 370 g/mol. The highest BCUT2D eigenvalue weighted by molar-refractivity contribution is 5.91. The molecule has 1 aromatic carbocycles. The Labute approximate surface area is 156 Å². The largest absolute Gasteiger partial charge is 0.379 e. The van der Waals surface area contributed by atoms with E-state index in [-0.39, 0.29) is 5.69 Å². The lowest BCUT2D eigenvalue weighted by Crippen LogP contribution is -2.42. The third-order valence-corrected chi connectivity index (χ3v) is 4.82. The predicted octanol–water partition coefficient (Wildman–Crippen LogP) is -0.148. The van der Waals surface area contributed by atoms with E-state index in [2.05, 4.69) is 20.4 Å². The van der Waals surface area contributed by atoms with Crippen molar-refractivity contribution in [1.82, 2.24) is 25.0 Å². The summed E-state index contributed by atoms with van der Waals surface area (Å²) in [6.07, 6.45) is 0. The van der Waals surface area contributed by atoms with E-state index in [4.69, 9.17) is 4.74 Å². The van der Waals surface area contributed by atoms with Crippen LogP contribution >= 0.6 is 0 Å². The van der Waals surface area contributed by atoms with Crippen LogP contribution in [-0.2, 0) is 11.3 Å². The summed E-state index contributed by atoms with van der Waals surface area (Å²) in [6.45, 7) is 5.41. The van der Waals surface area contributed by atoms with Gasteiger partial charge in [-0.2, -0.15) is 0 Å². The monoisotopic (exact) mass is 370 g/mol. The van der Waals surface area contributed by atoms with Crippen molar-refractivity contribution >= 4 is 17.5 Å². The first kappa shape index (κ1) is 17.6. The molecule has 0 unspecified atom stereocenters. The quantitative estimate of drug-likeness (QED) is 0.783. The number of morpholine rings is 1. The molecule has 1 N–H and O–H groups in total. The van der Waals surface area contributed by atoms with Crippen LogP contribution in [-0.4, -0.2) is 71.5 Å². The topological polar surface area (TPSA) is 92.6 Å². The number of nitrogens with zero attached hydrogens (tertiary/aromatic N) is 5. The third kappa shape index (κ3) is 3.69. The molecule has 2 aliphatic rings. The summed E-state index contributed by atoms with van der Waals surface area (Å²) in [6, 6.07) is 9.70. The molecule has 0 aliphatic carbocycles. The molecule has 9 heteroatoms. The summed E-state index contributed by atoms with van der Waals surface area (Å²) >= 11 is 0. The second-order valence-electron chi connectivity index (χ2n) is 6.50. The van der Waals surface area contributed by atoms with Crippen LogP contribution in [0.15, 0.2) is 35.1 Å². The van der Waals surface area contributed by atoms with E-state index < -0.39 is 11.5 Å². The minimum absolute atomic E-state index is 0.157. The SMILES string of the molecule is O=C(NCCN1CCOCC1)c1nnc2n(c1=O)CCN2c1ccccc1. The molecule has 4 rings (SSSR count). The van der Waals surface area contributed by atoms with E-state index in [1.807, 2.05) is 35.2 Å². The van der Waals surface area contributed by atoms with Crippen molar-refractivity contribution in [3.05, 3.63) is 46.4 Å². The summed E-state index contributed by atoms with van der Waals surface area (Å²) in [4.78, 5) is 29.2. The Hall–Kier alpha value is -2.78. The maximum absolute atomic E-state index is 12.7. The Balaban J connectivity index is 1.44. The molecule has 9 nitrogen and oxygen atoms in total. The first-order valence-electron chi connectivity index (χ1n) is 9.12. The number of carbonyl (C=O) groups excluding carboxylic acids is 1. The first-order valence-corrected chi connectivity index (χ1v) is 9.12. The first-order chi connectivity index (χ1) is 13.2.